The molecule has 5 aromatic carbocycles. The molecule has 0 aliphatic rings. The molecule has 5 aromatic rings. The van der Waals surface area contributed by atoms with E-state index in [1.165, 1.54) is 72.8 Å². The highest BCUT2D eigenvalue weighted by Gasteiger charge is 2.59. The van der Waals surface area contributed by atoms with Crippen molar-refractivity contribution in [3.8, 4) is 5.40 Å². The van der Waals surface area contributed by atoms with Crippen molar-refractivity contribution in [1.29, 1.82) is 5.26 Å². The van der Waals surface area contributed by atoms with Crippen LogP contribution in [-0.2, 0) is 27.8 Å². The molecule has 42 heteroatoms. The molecule has 94 heavy (non-hydrogen) atoms. The van der Waals surface area contributed by atoms with Crippen LogP contribution in [-0.4, -0.2) is 152 Å². The second-order valence-electron chi connectivity index (χ2n) is 18.8. The summed E-state index contributed by atoms with van der Waals surface area (Å²) in [6, 6.07) is 28.4. The first-order chi connectivity index (χ1) is 43.5. The minimum Gasteiger partial charge on any atom is -0.481 e. The molecule has 0 bridgehead atoms. The number of thioether (sulfide) groups is 1. The van der Waals surface area contributed by atoms with E-state index < -0.39 is 93.0 Å². The Morgan fingerprint density at radius 3 is 0.926 bits per heavy atom. The van der Waals surface area contributed by atoms with Gasteiger partial charge in [-0.25, -0.2) is 4.79 Å². The van der Waals surface area contributed by atoms with E-state index in [1.807, 2.05) is 5.40 Å². The van der Waals surface area contributed by atoms with Crippen molar-refractivity contribution in [1.82, 2.24) is 21.3 Å². The second-order valence-corrected chi connectivity index (χ2v) is 27.7. The van der Waals surface area contributed by atoms with Crippen LogP contribution >= 0.6 is 42.1 Å². The minimum atomic E-state index is -5.49. The molecule has 0 saturated carbocycles. The molecule has 37 nitrogen and oxygen atoms in total. The SMILES string of the molecule is N#CSc1ccc(C(=O)NCCCC(O)(P(=O)(O)O)P(=O)(O)O)cc1.Nc1ccc(C(=O)NCCCC(=O)O)cc1.Nc1ccc(C(=O)NCCCC(O)(P(=O)(O)O)P(=O)(O)O)cc1.O=C(O)CCCNC(=O)c1ccc([N+](=O)[O-])cc1.O=C(O)c1ccc([N+](=O)[O-])cc1. The van der Waals surface area contributed by atoms with Gasteiger partial charge in [-0.05, 0) is 135 Å². The Kier molecular flexibility index (Phi) is 34.5. The van der Waals surface area contributed by atoms with Gasteiger partial charge in [-0.3, -0.25) is 67.3 Å². The van der Waals surface area contributed by atoms with Crippen LogP contribution in [0.2, 0.25) is 0 Å². The number of nitro groups is 2. The lowest BCUT2D eigenvalue weighted by molar-refractivity contribution is -0.385. The molecule has 0 atom stereocenters. The summed E-state index contributed by atoms with van der Waals surface area (Å²) in [6.45, 7) is 0.291. The van der Waals surface area contributed by atoms with Crippen LogP contribution in [0.1, 0.15) is 103 Å². The molecular weight excluding hydrogens is 1350 g/mol. The average Bonchev–Trinajstić information content (AvgIpc) is 0.783. The predicted octanol–water partition coefficient (Wildman–Crippen LogP) is 3.90. The van der Waals surface area contributed by atoms with Gasteiger partial charge >= 0.3 is 48.3 Å². The Hall–Kier alpha value is -8.85. The minimum absolute atomic E-state index is 0.0134. The molecule has 0 heterocycles. The molecule has 0 unspecified atom stereocenters. The van der Waals surface area contributed by atoms with Crippen LogP contribution in [0.4, 0.5) is 22.7 Å². The lowest BCUT2D eigenvalue weighted by Gasteiger charge is -2.29. The number of nitrogens with one attached hydrogen (secondary N) is 4. The van der Waals surface area contributed by atoms with Crippen molar-refractivity contribution in [2.45, 2.75) is 66.4 Å². The molecule has 4 amide bonds. The summed E-state index contributed by atoms with van der Waals surface area (Å²) < 4.78 is 44.6. The summed E-state index contributed by atoms with van der Waals surface area (Å²) in [5, 5.41) is 78.5. The van der Waals surface area contributed by atoms with Crippen LogP contribution in [0, 0.1) is 30.9 Å². The summed E-state index contributed by atoms with van der Waals surface area (Å²) >= 11 is 0.923. The summed E-state index contributed by atoms with van der Waals surface area (Å²) in [5.41, 5.74) is 13.2. The van der Waals surface area contributed by atoms with Gasteiger partial charge in [0.05, 0.1) is 15.4 Å². The largest absolute Gasteiger partial charge is 0.481 e. The number of carbonyl (C=O) groups is 7. The molecule has 0 saturated heterocycles. The molecule has 0 aliphatic heterocycles. The molecule has 0 aliphatic carbocycles. The smallest absolute Gasteiger partial charge is 0.369 e. The quantitative estimate of drug-likeness (QED) is 0.00642. The summed E-state index contributed by atoms with van der Waals surface area (Å²) in [7, 11) is -21.9. The number of aromatic carboxylic acids is 1. The Balaban J connectivity index is 0.000000599. The number of carboxylic acids is 3. The first kappa shape index (κ1) is 83.2. The maximum absolute atomic E-state index is 11.9. The highest BCUT2D eigenvalue weighted by atomic mass is 32.2. The number of rotatable bonds is 28. The van der Waals surface area contributed by atoms with E-state index in [4.69, 9.17) is 71.2 Å². The number of thiocyanates is 1. The number of nitrogens with two attached hydrogens (primary N) is 2. The first-order valence-electron chi connectivity index (χ1n) is 26.3. The number of anilines is 2. The maximum Gasteiger partial charge on any atom is 0.369 e. The predicted molar refractivity (Wildman–Crippen MR) is 332 cm³/mol. The van der Waals surface area contributed by atoms with E-state index in [-0.39, 0.29) is 79.6 Å². The number of hydrogen-bond acceptors (Lipinski definition) is 21. The summed E-state index contributed by atoms with van der Waals surface area (Å²) in [4.78, 5) is 169. The number of hydrogen-bond donors (Lipinski definition) is 19. The summed E-state index contributed by atoms with van der Waals surface area (Å²) in [6.07, 6.45) is -1.51. The fraction of sp³-hybridized carbons (Fsp3) is 0.269. The fourth-order valence-electron chi connectivity index (χ4n) is 6.72. The van der Waals surface area contributed by atoms with Crippen LogP contribution in [0.5, 0.6) is 0 Å². The Labute approximate surface area is 536 Å². The van der Waals surface area contributed by atoms with Crippen LogP contribution in [0.3, 0.4) is 0 Å². The van der Waals surface area contributed by atoms with Crippen LogP contribution in [0.25, 0.3) is 0 Å². The van der Waals surface area contributed by atoms with Crippen molar-refractivity contribution in [3.63, 3.8) is 0 Å². The van der Waals surface area contributed by atoms with Gasteiger partial charge in [0.25, 0.3) is 45.2 Å². The lowest BCUT2D eigenvalue weighted by atomic mass is 10.2. The van der Waals surface area contributed by atoms with E-state index in [0.29, 0.717) is 52.3 Å². The Bertz CT molecular complexity index is 3560. The van der Waals surface area contributed by atoms with Gasteiger partial charge < -0.3 is 97.4 Å². The Morgan fingerprint density at radius 1 is 0.447 bits per heavy atom. The number of nitrogen functional groups attached to an aromatic ring is 2. The highest BCUT2D eigenvalue weighted by Crippen LogP contribution is 2.70. The van der Waals surface area contributed by atoms with Crippen molar-refractivity contribution in [3.05, 3.63) is 169 Å². The normalized spacial score (nSPS) is 11.2. The average molecular weight is 1420 g/mol. The van der Waals surface area contributed by atoms with E-state index in [2.05, 4.69) is 21.3 Å². The van der Waals surface area contributed by atoms with E-state index in [1.54, 1.807) is 36.4 Å². The monoisotopic (exact) mass is 1420 g/mol. The molecule has 0 radical (unpaired) electrons. The Morgan fingerprint density at radius 2 is 0.691 bits per heavy atom. The second kappa shape index (κ2) is 39.0. The van der Waals surface area contributed by atoms with E-state index in [9.17, 15) is 82.3 Å². The highest BCUT2D eigenvalue weighted by molar-refractivity contribution is 8.03. The molecule has 512 valence electrons. The zero-order valence-electron chi connectivity index (χ0n) is 48.7. The van der Waals surface area contributed by atoms with Gasteiger partial charge in [0.15, 0.2) is 0 Å². The zero-order chi connectivity index (χ0) is 71.8. The van der Waals surface area contributed by atoms with Crippen molar-refractivity contribution >= 4 is 106 Å². The topological polar surface area (TPSA) is 661 Å². The van der Waals surface area contributed by atoms with Crippen molar-refractivity contribution < 1.29 is 126 Å². The number of benzene rings is 5. The van der Waals surface area contributed by atoms with Crippen LogP contribution < -0.4 is 32.7 Å². The van der Waals surface area contributed by atoms with Crippen molar-refractivity contribution in [2.24, 2.45) is 0 Å². The number of nitriles is 1. The number of amides is 4. The van der Waals surface area contributed by atoms with Crippen molar-refractivity contribution in [2.75, 3.05) is 37.6 Å². The van der Waals surface area contributed by atoms with Gasteiger partial charge in [0.1, 0.15) is 5.40 Å². The lowest BCUT2D eigenvalue weighted by Crippen LogP contribution is -2.31. The third kappa shape index (κ3) is 29.4. The number of nitrogens with zero attached hydrogens (tertiary/aromatic N) is 3. The molecule has 21 N–H and O–H groups in total. The molecule has 5 rings (SSSR count). The van der Waals surface area contributed by atoms with Crippen LogP contribution in [0.15, 0.2) is 126 Å². The van der Waals surface area contributed by atoms with Gasteiger partial charge in [-0.2, -0.15) is 5.26 Å². The molecule has 0 fully saturated rings. The number of aliphatic hydroxyl groups is 2. The fourth-order valence-corrected chi connectivity index (χ4v) is 11.6. The van der Waals surface area contributed by atoms with Gasteiger partial charge in [-0.15, -0.1) is 0 Å². The maximum atomic E-state index is 11.9. The molecule has 0 aromatic heterocycles. The van der Waals surface area contributed by atoms with Gasteiger partial charge in [-0.1, -0.05) is 0 Å². The number of carbonyl (C=O) groups excluding carboxylic acids is 4. The third-order valence-electron chi connectivity index (χ3n) is 11.8. The van der Waals surface area contributed by atoms with E-state index >= 15 is 0 Å². The van der Waals surface area contributed by atoms with Gasteiger partial charge in [0, 0.05) is 115 Å². The zero-order valence-corrected chi connectivity index (χ0v) is 53.1. The third-order valence-corrected chi connectivity index (χ3v) is 20.2. The standard InChI is InChI=1S/C12H16N2O8P2S.C11H18N2O8P2.C11H12N2O5.C11H14N2O3.C7H5NO4/c13-8-25-10-4-2-9(3-5-10)11(15)14-7-1-6-12(16,23(17,18)19)24(20,21)22;12-9-4-2-8(3-5-9)10(14)13-7-1-6-11(15,22(16,17)18)23(19,20)21;14-10(15)2-1-7-12-11(16)8-3-5-9(6-4-8)13(17)18;12-9-5-3-8(4-6-9)11(16)13-7-1-2-10(14)15;9-7(10)5-1-3-6(4-2-5)8(11)12/h2-5,16H,1,6-7H2,(H,14,15)(H2,17,18,19)(H2,20,21,22);2-5,15H,1,6-7,12H2,(H,13,14)(H2,16,17,18)(H2,19,20,21);3-6H,1-2,7H2,(H,12,16)(H,14,15);3-6H,1-2,7,12H2,(H,13,16)(H,14,15);1-4H,(H,9,10). The van der Waals surface area contributed by atoms with Gasteiger partial charge in [0.2, 0.25) is 0 Å². The first-order valence-corrected chi connectivity index (χ1v) is 33.6. The van der Waals surface area contributed by atoms with E-state index in [0.717, 1.165) is 23.9 Å². The summed E-state index contributed by atoms with van der Waals surface area (Å²) in [5.74, 6) is -4.49. The number of non-ortho nitro benzene ring substituents is 2. The molecular formula is C52H65N9O28P4S. The molecule has 0 spiro atoms. The number of nitro benzene ring substituents is 2. The number of carboxylic acid groups (broad SMARTS) is 3. The number of aliphatic carboxylic acids is 2.